The van der Waals surface area contributed by atoms with E-state index in [1.807, 2.05) is 20.8 Å². The quantitative estimate of drug-likeness (QED) is 0.527. The highest BCUT2D eigenvalue weighted by molar-refractivity contribution is 7.53. The topological polar surface area (TPSA) is 101 Å². The van der Waals surface area contributed by atoms with Crippen molar-refractivity contribution in [3.8, 4) is 0 Å². The van der Waals surface area contributed by atoms with Crippen LogP contribution in [0.15, 0.2) is 0 Å². The van der Waals surface area contributed by atoms with Gasteiger partial charge < -0.3 is 27.9 Å². The number of ether oxygens (including phenoxy) is 1. The average molecular weight is 408 g/mol. The molecule has 0 aliphatic rings. The van der Waals surface area contributed by atoms with E-state index in [4.69, 9.17) is 18.9 Å². The molecule has 8 nitrogen and oxygen atoms in total. The molecule has 0 spiro atoms. The highest BCUT2D eigenvalue weighted by Gasteiger charge is 2.21. The van der Waals surface area contributed by atoms with Gasteiger partial charge in [0.2, 0.25) is 0 Å². The van der Waals surface area contributed by atoms with Gasteiger partial charge in [-0.15, -0.1) is 0 Å². The molecule has 0 radical (unpaired) electrons. The molecule has 0 aliphatic carbocycles. The second-order valence-corrected chi connectivity index (χ2v) is 9.84. The predicted octanol–water partition coefficient (Wildman–Crippen LogP) is 4.51. The number of aliphatic hydroxyl groups excluding tert-OH is 1. The summed E-state index contributed by atoms with van der Waals surface area (Å²) in [4.78, 5) is 0. The van der Waals surface area contributed by atoms with Crippen LogP contribution in [-0.2, 0) is 32.0 Å². The molecule has 0 aromatic rings. The maximum Gasteiger partial charge on any atom is 0.355 e. The van der Waals surface area contributed by atoms with Crippen LogP contribution < -0.4 is 0 Å². The van der Waals surface area contributed by atoms with Crippen molar-refractivity contribution in [1.29, 1.82) is 0 Å². The first-order chi connectivity index (χ1) is 11.5. The molecule has 0 aromatic heterocycles. The molecule has 0 aromatic carbocycles. The van der Waals surface area contributed by atoms with Crippen molar-refractivity contribution in [3.05, 3.63) is 0 Å². The summed E-state index contributed by atoms with van der Waals surface area (Å²) in [6, 6.07) is 0. The Hall–Kier alpha value is 0.220. The van der Waals surface area contributed by atoms with Gasteiger partial charge in [0.05, 0.1) is 12.2 Å². The average Bonchev–Trinajstić information content (AvgIpc) is 2.65. The van der Waals surface area contributed by atoms with E-state index in [1.54, 1.807) is 13.8 Å². The minimum Gasteiger partial charge on any atom is -0.393 e. The van der Waals surface area contributed by atoms with Crippen molar-refractivity contribution < 1.29 is 37.1 Å². The van der Waals surface area contributed by atoms with Crippen molar-refractivity contribution in [1.82, 2.24) is 0 Å². The fraction of sp³-hybridized carbons (Fsp3) is 1.00. The first-order valence-electron chi connectivity index (χ1n) is 8.24. The molecule has 1 N–H and O–H groups in total. The second kappa shape index (κ2) is 17.6. The first kappa shape index (κ1) is 30.0. The molecule has 0 fully saturated rings. The number of rotatable bonds is 10. The largest absolute Gasteiger partial charge is 0.393 e. The van der Waals surface area contributed by atoms with E-state index < -0.39 is 15.2 Å². The third-order valence-electron chi connectivity index (χ3n) is 3.18. The van der Waals surface area contributed by atoms with E-state index in [2.05, 4.69) is 9.05 Å². The lowest BCUT2D eigenvalue weighted by Crippen LogP contribution is -2.09. The third-order valence-corrected chi connectivity index (χ3v) is 6.65. The summed E-state index contributed by atoms with van der Waals surface area (Å²) in [5, 5.41) is 8.36. The molecule has 0 heterocycles. The maximum absolute atomic E-state index is 11.4. The molecule has 0 rings (SSSR count). The van der Waals surface area contributed by atoms with Crippen LogP contribution in [0.2, 0.25) is 0 Å². The maximum atomic E-state index is 11.4. The van der Waals surface area contributed by atoms with Crippen molar-refractivity contribution >= 4 is 15.2 Å². The van der Waals surface area contributed by atoms with E-state index in [0.29, 0.717) is 6.16 Å². The summed E-state index contributed by atoms with van der Waals surface area (Å²) in [5.41, 5.74) is 0. The van der Waals surface area contributed by atoms with Crippen LogP contribution in [0.4, 0.5) is 0 Å². The molecule has 10 heteroatoms. The Labute approximate surface area is 153 Å². The van der Waals surface area contributed by atoms with Gasteiger partial charge in [-0.05, 0) is 26.7 Å². The molecular weight excluding hydrogens is 370 g/mol. The van der Waals surface area contributed by atoms with Gasteiger partial charge in [-0.25, -0.2) is 0 Å². The van der Waals surface area contributed by atoms with Crippen LogP contribution >= 0.6 is 15.2 Å². The van der Waals surface area contributed by atoms with Crippen LogP contribution in [0.25, 0.3) is 0 Å². The Kier molecular flexibility index (Phi) is 21.1. The van der Waals surface area contributed by atoms with Crippen molar-refractivity contribution in [3.63, 3.8) is 0 Å². The Bertz CT molecular complexity index is 350. The monoisotopic (exact) mass is 408 g/mol. The Balaban J connectivity index is -0.000000321. The van der Waals surface area contributed by atoms with Crippen molar-refractivity contribution in [2.45, 2.75) is 59.7 Å². The summed E-state index contributed by atoms with van der Waals surface area (Å²) < 4.78 is 46.0. The first-order valence-corrected chi connectivity index (χ1v) is 11.7. The van der Waals surface area contributed by atoms with Gasteiger partial charge in [-0.1, -0.05) is 20.8 Å². The lowest BCUT2D eigenvalue weighted by Gasteiger charge is -2.16. The van der Waals surface area contributed by atoms with Crippen molar-refractivity contribution in [2.75, 3.05) is 40.9 Å². The molecule has 2 atom stereocenters. The van der Waals surface area contributed by atoms with E-state index in [9.17, 15) is 9.13 Å². The number of hydrogen-bond donors (Lipinski definition) is 1. The van der Waals surface area contributed by atoms with Gasteiger partial charge in [-0.2, -0.15) is 0 Å². The molecule has 0 saturated heterocycles. The van der Waals surface area contributed by atoms with Gasteiger partial charge in [0.25, 0.3) is 0 Å². The summed E-state index contributed by atoms with van der Waals surface area (Å²) in [6.45, 7) is 9.39. The minimum atomic E-state index is -2.97. The highest BCUT2D eigenvalue weighted by atomic mass is 31.2. The molecule has 0 amide bonds. The lowest BCUT2D eigenvalue weighted by molar-refractivity contribution is 0.0806. The van der Waals surface area contributed by atoms with Gasteiger partial charge >= 0.3 is 15.2 Å². The Morgan fingerprint density at radius 2 is 1.16 bits per heavy atom. The van der Waals surface area contributed by atoms with Crippen LogP contribution in [0.3, 0.4) is 0 Å². The Morgan fingerprint density at radius 1 is 0.800 bits per heavy atom. The summed E-state index contributed by atoms with van der Waals surface area (Å²) in [6.07, 6.45) is 2.17. The standard InChI is InChI=1S/C7H17O4P.C4H11O3P.C4H10O/c1-5-7(2)11-6-12(8,9-3)10-4;1-4-8(5,6-2)7-3;1-3-4(2)5/h7H,5-6H2,1-4H3;4H2,1-3H3;4-5H,3H2,1-2H3. The van der Waals surface area contributed by atoms with Crippen LogP contribution in [0.1, 0.15) is 47.5 Å². The zero-order valence-electron chi connectivity index (χ0n) is 17.2. The fourth-order valence-electron chi connectivity index (χ4n) is 0.849. The SMILES string of the molecule is CCC(C)O.CCC(C)OCP(=O)(OC)OC.CCP(=O)(OC)OC. The second-order valence-electron chi connectivity index (χ2n) is 5.04. The van der Waals surface area contributed by atoms with Gasteiger partial charge in [-0.3, -0.25) is 9.13 Å². The van der Waals surface area contributed by atoms with Gasteiger partial charge in [0.15, 0.2) is 0 Å². The molecular formula is C15H38O8P2. The summed E-state index contributed by atoms with van der Waals surface area (Å²) in [7, 11) is -0.164. The van der Waals surface area contributed by atoms with Crippen molar-refractivity contribution in [2.24, 2.45) is 0 Å². The van der Waals surface area contributed by atoms with E-state index in [0.717, 1.165) is 12.8 Å². The lowest BCUT2D eigenvalue weighted by atomic mass is 10.3. The normalized spacial score (nSPS) is 13.8. The molecule has 2 unspecified atom stereocenters. The van der Waals surface area contributed by atoms with E-state index in [-0.39, 0.29) is 18.6 Å². The van der Waals surface area contributed by atoms with Gasteiger partial charge in [0, 0.05) is 34.6 Å². The number of aliphatic hydroxyl groups is 1. The van der Waals surface area contributed by atoms with Crippen LogP contribution in [0.5, 0.6) is 0 Å². The molecule has 156 valence electrons. The molecule has 0 saturated carbocycles. The molecule has 25 heavy (non-hydrogen) atoms. The number of hydrogen-bond acceptors (Lipinski definition) is 8. The molecule has 0 aliphatic heterocycles. The van der Waals surface area contributed by atoms with Crippen LogP contribution in [-0.4, -0.2) is 58.3 Å². The van der Waals surface area contributed by atoms with Crippen LogP contribution in [0, 0.1) is 0 Å². The fourth-order valence-corrected chi connectivity index (χ4v) is 2.31. The predicted molar refractivity (Wildman–Crippen MR) is 101 cm³/mol. The Morgan fingerprint density at radius 3 is 1.32 bits per heavy atom. The highest BCUT2D eigenvalue weighted by Crippen LogP contribution is 2.46. The third kappa shape index (κ3) is 18.8. The van der Waals surface area contributed by atoms with Gasteiger partial charge in [0.1, 0.15) is 6.35 Å². The molecule has 0 bridgehead atoms. The van der Waals surface area contributed by atoms with E-state index >= 15 is 0 Å². The smallest absolute Gasteiger partial charge is 0.355 e. The minimum absolute atomic E-state index is 0.0228. The zero-order valence-corrected chi connectivity index (χ0v) is 19.0. The summed E-state index contributed by atoms with van der Waals surface area (Å²) >= 11 is 0. The zero-order chi connectivity index (χ0) is 20.5. The summed E-state index contributed by atoms with van der Waals surface area (Å²) in [5.74, 6) is 0. The van der Waals surface area contributed by atoms with E-state index in [1.165, 1.54) is 28.4 Å².